The molecule has 0 bridgehead atoms. The number of rotatable bonds is 8. The van der Waals surface area contributed by atoms with Crippen LogP contribution in [-0.4, -0.2) is 64.7 Å². The second-order valence-electron chi connectivity index (χ2n) is 7.60. The Morgan fingerprint density at radius 3 is 2.67 bits per heavy atom. The van der Waals surface area contributed by atoms with Gasteiger partial charge < -0.3 is 10.1 Å². The molecule has 0 spiro atoms. The number of carbonyl (C=O) groups excluding carboxylic acids is 4. The number of nitrogens with zero attached hydrogens (tertiary/aromatic N) is 3. The van der Waals surface area contributed by atoms with Crippen LogP contribution in [0, 0.1) is 0 Å². The van der Waals surface area contributed by atoms with Crippen LogP contribution < -0.4 is 5.32 Å². The summed E-state index contributed by atoms with van der Waals surface area (Å²) >= 11 is 0. The summed E-state index contributed by atoms with van der Waals surface area (Å²) in [6, 6.07) is 8.90. The molecule has 0 saturated carbocycles. The van der Waals surface area contributed by atoms with E-state index in [2.05, 4.69) is 10.4 Å². The molecule has 0 aromatic heterocycles. The predicted molar refractivity (Wildman–Crippen MR) is 108 cm³/mol. The molecule has 0 unspecified atom stereocenters. The predicted octanol–water partition coefficient (Wildman–Crippen LogP) is 1.67. The highest BCUT2D eigenvalue weighted by Crippen LogP contribution is 2.23. The molecule has 1 saturated heterocycles. The van der Waals surface area contributed by atoms with Gasteiger partial charge in [-0.1, -0.05) is 50.1 Å². The van der Waals surface area contributed by atoms with Gasteiger partial charge in [0.25, 0.3) is 11.8 Å². The van der Waals surface area contributed by atoms with Gasteiger partial charge in [-0.25, -0.2) is 9.80 Å². The first-order valence-electron chi connectivity index (χ1n) is 10.1. The Bertz CT molecular complexity index is 869. The first kappa shape index (κ1) is 21.5. The third-order valence-corrected chi connectivity index (χ3v) is 5.22. The third kappa shape index (κ3) is 4.67. The Morgan fingerprint density at radius 1 is 1.23 bits per heavy atom. The molecule has 1 aromatic rings. The summed E-state index contributed by atoms with van der Waals surface area (Å²) in [5, 5.41) is 8.20. The van der Waals surface area contributed by atoms with E-state index in [9.17, 15) is 19.2 Å². The first-order chi connectivity index (χ1) is 14.3. The van der Waals surface area contributed by atoms with Crippen LogP contribution in [-0.2, 0) is 19.1 Å². The lowest BCUT2D eigenvalue weighted by atomic mass is 9.95. The molecule has 0 radical (unpaired) electrons. The SMILES string of the molecule is CCCC[C@@]1(C)NC(=O)N(CC(=O)OCC(=O)N2CCC(c3ccccc3)=N2)C1=O. The molecule has 2 aliphatic rings. The summed E-state index contributed by atoms with van der Waals surface area (Å²) in [5.41, 5.74) is 0.719. The summed E-state index contributed by atoms with van der Waals surface area (Å²) in [6.45, 7) is 3.01. The molecule has 0 aliphatic carbocycles. The lowest BCUT2D eigenvalue weighted by Gasteiger charge is -2.21. The summed E-state index contributed by atoms with van der Waals surface area (Å²) in [4.78, 5) is 49.9. The zero-order chi connectivity index (χ0) is 21.7. The van der Waals surface area contributed by atoms with Gasteiger partial charge in [0, 0.05) is 6.42 Å². The molecule has 9 nitrogen and oxygen atoms in total. The van der Waals surface area contributed by atoms with E-state index in [1.807, 2.05) is 37.3 Å². The van der Waals surface area contributed by atoms with Crippen LogP contribution in [0.25, 0.3) is 0 Å². The monoisotopic (exact) mass is 414 g/mol. The number of esters is 1. The summed E-state index contributed by atoms with van der Waals surface area (Å²) in [6.07, 6.45) is 2.77. The van der Waals surface area contributed by atoms with Crippen molar-refractivity contribution in [1.82, 2.24) is 15.2 Å². The van der Waals surface area contributed by atoms with Crippen LogP contribution in [0.15, 0.2) is 35.4 Å². The van der Waals surface area contributed by atoms with Crippen LogP contribution in [0.5, 0.6) is 0 Å². The van der Waals surface area contributed by atoms with Gasteiger partial charge >= 0.3 is 12.0 Å². The zero-order valence-corrected chi connectivity index (χ0v) is 17.2. The molecule has 1 atom stereocenters. The molecular formula is C21H26N4O5. The number of benzene rings is 1. The normalized spacial score (nSPS) is 20.9. The van der Waals surface area contributed by atoms with Gasteiger partial charge in [0.15, 0.2) is 6.61 Å². The van der Waals surface area contributed by atoms with E-state index in [4.69, 9.17) is 4.74 Å². The molecule has 30 heavy (non-hydrogen) atoms. The largest absolute Gasteiger partial charge is 0.454 e. The second-order valence-corrected chi connectivity index (χ2v) is 7.60. The van der Waals surface area contributed by atoms with Crippen molar-refractivity contribution in [3.05, 3.63) is 35.9 Å². The number of ether oxygens (including phenoxy) is 1. The van der Waals surface area contributed by atoms with Gasteiger partial charge in [0.05, 0.1) is 12.3 Å². The van der Waals surface area contributed by atoms with E-state index >= 15 is 0 Å². The van der Waals surface area contributed by atoms with Crippen molar-refractivity contribution in [2.75, 3.05) is 19.7 Å². The Kier molecular flexibility index (Phi) is 6.49. The van der Waals surface area contributed by atoms with E-state index < -0.39 is 42.5 Å². The van der Waals surface area contributed by atoms with Crippen LogP contribution in [0.2, 0.25) is 0 Å². The summed E-state index contributed by atoms with van der Waals surface area (Å²) in [5.74, 6) is -1.74. The van der Waals surface area contributed by atoms with Gasteiger partial charge in [-0.2, -0.15) is 5.10 Å². The minimum Gasteiger partial charge on any atom is -0.454 e. The van der Waals surface area contributed by atoms with Crippen molar-refractivity contribution in [3.63, 3.8) is 0 Å². The number of urea groups is 1. The molecule has 9 heteroatoms. The van der Waals surface area contributed by atoms with Crippen molar-refractivity contribution in [2.24, 2.45) is 5.10 Å². The Hall–Kier alpha value is -3.23. The Labute approximate surface area is 175 Å². The standard InChI is InChI=1S/C21H26N4O5/c1-3-4-11-21(2)19(28)24(20(29)22-21)13-18(27)30-14-17(26)25-12-10-16(23-25)15-8-6-5-7-9-15/h5-9H,3-4,10-14H2,1-2H3,(H,22,29)/t21-/m1/s1. The molecular weight excluding hydrogens is 388 g/mol. The third-order valence-electron chi connectivity index (χ3n) is 5.22. The summed E-state index contributed by atoms with van der Waals surface area (Å²) in [7, 11) is 0. The van der Waals surface area contributed by atoms with Crippen molar-refractivity contribution in [1.29, 1.82) is 0 Å². The molecule has 2 heterocycles. The molecule has 1 aromatic carbocycles. The summed E-state index contributed by atoms with van der Waals surface area (Å²) < 4.78 is 4.99. The highest BCUT2D eigenvalue weighted by Gasteiger charge is 2.47. The highest BCUT2D eigenvalue weighted by molar-refractivity contribution is 6.08. The van der Waals surface area contributed by atoms with Gasteiger partial charge in [0.2, 0.25) is 0 Å². The molecule has 1 N–H and O–H groups in total. The average Bonchev–Trinajstić information content (AvgIpc) is 3.31. The van der Waals surface area contributed by atoms with Gasteiger partial charge in [-0.3, -0.25) is 19.3 Å². The maximum atomic E-state index is 12.5. The quantitative estimate of drug-likeness (QED) is 0.514. The van der Waals surface area contributed by atoms with Crippen LogP contribution in [0.4, 0.5) is 4.79 Å². The van der Waals surface area contributed by atoms with E-state index in [1.54, 1.807) is 6.92 Å². The smallest absolute Gasteiger partial charge is 0.326 e. The minimum atomic E-state index is -1.01. The van der Waals surface area contributed by atoms with Crippen molar-refractivity contribution in [3.8, 4) is 0 Å². The number of hydrogen-bond acceptors (Lipinski definition) is 6. The topological polar surface area (TPSA) is 108 Å². The van der Waals surface area contributed by atoms with Gasteiger partial charge in [-0.05, 0) is 18.9 Å². The molecule has 2 aliphatic heterocycles. The molecule has 160 valence electrons. The van der Waals surface area contributed by atoms with E-state index in [-0.39, 0.29) is 0 Å². The second kappa shape index (κ2) is 9.06. The fourth-order valence-corrected chi connectivity index (χ4v) is 3.45. The lowest BCUT2D eigenvalue weighted by Crippen LogP contribution is -2.44. The van der Waals surface area contributed by atoms with Crippen molar-refractivity contribution >= 4 is 29.5 Å². The number of unbranched alkanes of at least 4 members (excludes halogenated alkanes) is 1. The number of hydrogen-bond donors (Lipinski definition) is 1. The number of hydrazone groups is 1. The van der Waals surface area contributed by atoms with Crippen molar-refractivity contribution in [2.45, 2.75) is 45.1 Å². The maximum Gasteiger partial charge on any atom is 0.326 e. The van der Waals surface area contributed by atoms with Crippen molar-refractivity contribution < 1.29 is 23.9 Å². The van der Waals surface area contributed by atoms with Crippen LogP contribution in [0.1, 0.15) is 45.1 Å². The molecule has 3 rings (SSSR count). The fraction of sp³-hybridized carbons (Fsp3) is 0.476. The van der Waals surface area contributed by atoms with Crippen LogP contribution >= 0.6 is 0 Å². The fourth-order valence-electron chi connectivity index (χ4n) is 3.45. The molecule has 4 amide bonds. The first-order valence-corrected chi connectivity index (χ1v) is 10.1. The van der Waals surface area contributed by atoms with E-state index in [1.165, 1.54) is 5.01 Å². The number of carbonyl (C=O) groups is 4. The number of nitrogens with one attached hydrogen (secondary N) is 1. The van der Waals surface area contributed by atoms with E-state index in [0.717, 1.165) is 29.0 Å². The lowest BCUT2D eigenvalue weighted by molar-refractivity contribution is -0.153. The van der Waals surface area contributed by atoms with Gasteiger partial charge in [0.1, 0.15) is 12.1 Å². The average molecular weight is 414 g/mol. The van der Waals surface area contributed by atoms with Gasteiger partial charge in [-0.15, -0.1) is 0 Å². The Morgan fingerprint density at radius 2 is 1.97 bits per heavy atom. The number of imide groups is 1. The Balaban J connectivity index is 1.50. The van der Waals surface area contributed by atoms with E-state index in [0.29, 0.717) is 19.4 Å². The zero-order valence-electron chi connectivity index (χ0n) is 17.2. The minimum absolute atomic E-state index is 0.406. The highest BCUT2D eigenvalue weighted by atomic mass is 16.5. The number of amides is 4. The maximum absolute atomic E-state index is 12.5. The van der Waals surface area contributed by atoms with Crippen LogP contribution in [0.3, 0.4) is 0 Å². The molecule has 1 fully saturated rings.